The molecule has 1 amide bonds. The lowest BCUT2D eigenvalue weighted by molar-refractivity contribution is 0.100. The lowest BCUT2D eigenvalue weighted by atomic mass is 10.1. The van der Waals surface area contributed by atoms with Crippen molar-refractivity contribution >= 4 is 11.6 Å². The Morgan fingerprint density at radius 1 is 1.24 bits per heavy atom. The highest BCUT2D eigenvalue weighted by Gasteiger charge is 2.10. The summed E-state index contributed by atoms with van der Waals surface area (Å²) in [4.78, 5) is 11.0. The monoisotopic (exact) mass is 288 g/mol. The van der Waals surface area contributed by atoms with Gasteiger partial charge in [-0.3, -0.25) is 4.79 Å². The molecule has 0 bridgehead atoms. The molecule has 0 aliphatic carbocycles. The molecule has 2 aromatic rings. The number of methoxy groups -OCH3 is 1. The van der Waals surface area contributed by atoms with Gasteiger partial charge in [0.1, 0.15) is 0 Å². The maximum atomic E-state index is 13.4. The van der Waals surface area contributed by atoms with E-state index >= 15 is 0 Å². The quantitative estimate of drug-likeness (QED) is 0.888. The van der Waals surface area contributed by atoms with Crippen LogP contribution in [0.3, 0.4) is 0 Å². The van der Waals surface area contributed by atoms with Crippen molar-refractivity contribution in [3.63, 3.8) is 0 Å². The highest BCUT2D eigenvalue weighted by atomic mass is 19.1. The van der Waals surface area contributed by atoms with Crippen molar-refractivity contribution in [3.05, 3.63) is 59.4 Å². The summed E-state index contributed by atoms with van der Waals surface area (Å²) in [5, 5.41) is 3.26. The molecule has 0 aromatic heterocycles. The van der Waals surface area contributed by atoms with E-state index in [1.165, 1.54) is 13.2 Å². The highest BCUT2D eigenvalue weighted by molar-refractivity contribution is 5.93. The van der Waals surface area contributed by atoms with Crippen LogP contribution in [0, 0.1) is 5.82 Å². The van der Waals surface area contributed by atoms with E-state index in [1.807, 2.05) is 6.92 Å². The first-order valence-electron chi connectivity index (χ1n) is 6.51. The molecule has 21 heavy (non-hydrogen) atoms. The molecular formula is C16H17FN2O2. The van der Waals surface area contributed by atoms with E-state index in [0.717, 1.165) is 11.3 Å². The Morgan fingerprint density at radius 3 is 2.48 bits per heavy atom. The standard InChI is InChI=1S/C16H17FN2O2/c1-10(12-5-8-14(17)15(9-12)21-2)19-13-6-3-11(4-7-13)16(18)20/h3-10,19H,1-2H3,(H2,18,20). The molecule has 0 heterocycles. The lowest BCUT2D eigenvalue weighted by Crippen LogP contribution is -2.11. The van der Waals surface area contributed by atoms with Crippen LogP contribution in [0.1, 0.15) is 28.9 Å². The second-order valence-corrected chi connectivity index (χ2v) is 4.70. The third-order valence-corrected chi connectivity index (χ3v) is 3.23. The maximum absolute atomic E-state index is 13.4. The van der Waals surface area contributed by atoms with E-state index in [-0.39, 0.29) is 17.6 Å². The zero-order chi connectivity index (χ0) is 15.4. The summed E-state index contributed by atoms with van der Waals surface area (Å²) in [6, 6.07) is 11.6. The molecule has 0 saturated heterocycles. The fraction of sp³-hybridized carbons (Fsp3) is 0.188. The van der Waals surface area contributed by atoms with Crippen molar-refractivity contribution in [1.29, 1.82) is 0 Å². The van der Waals surface area contributed by atoms with E-state index in [2.05, 4.69) is 5.32 Å². The summed E-state index contributed by atoms with van der Waals surface area (Å²) in [7, 11) is 1.43. The third-order valence-electron chi connectivity index (χ3n) is 3.23. The first-order valence-corrected chi connectivity index (χ1v) is 6.51. The van der Waals surface area contributed by atoms with Crippen molar-refractivity contribution in [1.82, 2.24) is 0 Å². The molecular weight excluding hydrogens is 271 g/mol. The van der Waals surface area contributed by atoms with E-state index in [9.17, 15) is 9.18 Å². The van der Waals surface area contributed by atoms with Crippen LogP contribution in [-0.2, 0) is 0 Å². The fourth-order valence-corrected chi connectivity index (χ4v) is 2.01. The van der Waals surface area contributed by atoms with Gasteiger partial charge in [-0.25, -0.2) is 4.39 Å². The average molecular weight is 288 g/mol. The number of ether oxygens (including phenoxy) is 1. The van der Waals surface area contributed by atoms with E-state index in [4.69, 9.17) is 10.5 Å². The Balaban J connectivity index is 2.13. The summed E-state index contributed by atoms with van der Waals surface area (Å²) < 4.78 is 18.4. The number of hydrogen-bond acceptors (Lipinski definition) is 3. The SMILES string of the molecule is COc1cc(C(C)Nc2ccc(C(N)=O)cc2)ccc1F. The normalized spacial score (nSPS) is 11.8. The zero-order valence-electron chi connectivity index (χ0n) is 11.9. The minimum atomic E-state index is -0.460. The van der Waals surface area contributed by atoms with Gasteiger partial charge in [0.25, 0.3) is 0 Å². The van der Waals surface area contributed by atoms with Gasteiger partial charge in [-0.05, 0) is 48.9 Å². The van der Waals surface area contributed by atoms with Crippen LogP contribution in [0.2, 0.25) is 0 Å². The van der Waals surface area contributed by atoms with Crippen LogP contribution in [0.4, 0.5) is 10.1 Å². The Kier molecular flexibility index (Phi) is 4.42. The predicted octanol–water partition coefficient (Wildman–Crippen LogP) is 3.11. The number of hydrogen-bond donors (Lipinski definition) is 2. The number of rotatable bonds is 5. The topological polar surface area (TPSA) is 64.3 Å². The molecule has 3 N–H and O–H groups in total. The number of benzene rings is 2. The minimum Gasteiger partial charge on any atom is -0.494 e. The lowest BCUT2D eigenvalue weighted by Gasteiger charge is -2.17. The molecule has 2 aromatic carbocycles. The second kappa shape index (κ2) is 6.26. The maximum Gasteiger partial charge on any atom is 0.248 e. The summed E-state index contributed by atoms with van der Waals surface area (Å²) in [6.07, 6.45) is 0. The molecule has 110 valence electrons. The molecule has 1 atom stereocenters. The van der Waals surface area contributed by atoms with Crippen LogP contribution in [0.25, 0.3) is 0 Å². The number of anilines is 1. The first-order chi connectivity index (χ1) is 10.0. The molecule has 0 aliphatic rings. The van der Waals surface area contributed by atoms with Gasteiger partial charge in [-0.1, -0.05) is 6.07 Å². The van der Waals surface area contributed by atoms with Gasteiger partial charge < -0.3 is 15.8 Å². The zero-order valence-corrected chi connectivity index (χ0v) is 11.9. The van der Waals surface area contributed by atoms with E-state index in [0.29, 0.717) is 5.56 Å². The van der Waals surface area contributed by atoms with Gasteiger partial charge in [-0.2, -0.15) is 0 Å². The van der Waals surface area contributed by atoms with Gasteiger partial charge in [0.15, 0.2) is 11.6 Å². The third kappa shape index (κ3) is 3.51. The molecule has 4 nitrogen and oxygen atoms in total. The number of halogens is 1. The average Bonchev–Trinajstić information content (AvgIpc) is 2.48. The summed E-state index contributed by atoms with van der Waals surface area (Å²) in [6.45, 7) is 1.95. The van der Waals surface area contributed by atoms with Gasteiger partial charge in [-0.15, -0.1) is 0 Å². The predicted molar refractivity (Wildman–Crippen MR) is 79.9 cm³/mol. The molecule has 0 spiro atoms. The van der Waals surface area contributed by atoms with Gasteiger partial charge in [0, 0.05) is 17.3 Å². The van der Waals surface area contributed by atoms with Crippen molar-refractivity contribution in [2.45, 2.75) is 13.0 Å². The molecule has 0 radical (unpaired) electrons. The second-order valence-electron chi connectivity index (χ2n) is 4.70. The number of amides is 1. The Morgan fingerprint density at radius 2 is 1.90 bits per heavy atom. The Labute approximate surface area is 122 Å². The van der Waals surface area contributed by atoms with Crippen LogP contribution in [0.15, 0.2) is 42.5 Å². The molecule has 0 fully saturated rings. The molecule has 1 unspecified atom stereocenters. The molecule has 0 saturated carbocycles. The summed E-state index contributed by atoms with van der Waals surface area (Å²) in [5.74, 6) is -0.637. The summed E-state index contributed by atoms with van der Waals surface area (Å²) >= 11 is 0. The van der Waals surface area contributed by atoms with Gasteiger partial charge in [0.05, 0.1) is 7.11 Å². The highest BCUT2D eigenvalue weighted by Crippen LogP contribution is 2.25. The van der Waals surface area contributed by atoms with Crippen molar-refractivity contribution in [3.8, 4) is 5.75 Å². The van der Waals surface area contributed by atoms with Crippen LogP contribution in [0.5, 0.6) is 5.75 Å². The van der Waals surface area contributed by atoms with Gasteiger partial charge >= 0.3 is 0 Å². The van der Waals surface area contributed by atoms with Crippen LogP contribution >= 0.6 is 0 Å². The number of carbonyl (C=O) groups excluding carboxylic acids is 1. The largest absolute Gasteiger partial charge is 0.494 e. The van der Waals surface area contributed by atoms with E-state index < -0.39 is 5.91 Å². The van der Waals surface area contributed by atoms with Crippen LogP contribution < -0.4 is 15.8 Å². The summed E-state index contributed by atoms with van der Waals surface area (Å²) in [5.41, 5.74) is 7.39. The fourth-order valence-electron chi connectivity index (χ4n) is 2.01. The number of nitrogens with one attached hydrogen (secondary N) is 1. The number of primary amides is 1. The molecule has 5 heteroatoms. The van der Waals surface area contributed by atoms with Crippen molar-refractivity contribution in [2.24, 2.45) is 5.73 Å². The Bertz CT molecular complexity index is 641. The minimum absolute atomic E-state index is 0.0427. The smallest absolute Gasteiger partial charge is 0.248 e. The Hall–Kier alpha value is -2.56. The van der Waals surface area contributed by atoms with Crippen LogP contribution in [-0.4, -0.2) is 13.0 Å². The van der Waals surface area contributed by atoms with Crippen molar-refractivity contribution in [2.75, 3.05) is 12.4 Å². The van der Waals surface area contributed by atoms with E-state index in [1.54, 1.807) is 36.4 Å². The molecule has 0 aliphatic heterocycles. The number of carbonyl (C=O) groups is 1. The molecule has 2 rings (SSSR count). The number of nitrogens with two attached hydrogens (primary N) is 1. The first kappa shape index (κ1) is 14.8. The van der Waals surface area contributed by atoms with Gasteiger partial charge in [0.2, 0.25) is 5.91 Å². The van der Waals surface area contributed by atoms with Crippen molar-refractivity contribution < 1.29 is 13.9 Å².